The molecule has 1 unspecified atom stereocenters. The highest BCUT2D eigenvalue weighted by molar-refractivity contribution is 9.10. The Morgan fingerprint density at radius 1 is 1.33 bits per heavy atom. The molecule has 2 rings (SSSR count). The Morgan fingerprint density at radius 2 is 2.07 bits per heavy atom. The predicted molar refractivity (Wildman–Crippen MR) is 67.2 cm³/mol. The van der Waals surface area contributed by atoms with E-state index in [1.165, 1.54) is 5.56 Å². The summed E-state index contributed by atoms with van der Waals surface area (Å²) in [6.45, 7) is 0. The summed E-state index contributed by atoms with van der Waals surface area (Å²) >= 11 is 5.10. The van der Waals surface area contributed by atoms with Crippen molar-refractivity contribution in [3.8, 4) is 0 Å². The number of benzene rings is 1. The van der Waals surface area contributed by atoms with E-state index in [2.05, 4.69) is 38.4 Å². The molecule has 1 aromatic heterocycles. The minimum atomic E-state index is 0.193. The van der Waals surface area contributed by atoms with Crippen LogP contribution in [0.25, 0.3) is 0 Å². The highest BCUT2D eigenvalue weighted by atomic mass is 79.9. The standard InChI is InChI=1S/C11H11BrN2S/c1-13-10(11-14-6-7-15-11)8-2-4-9(12)5-3-8/h2-7,10,13H,1H3. The lowest BCUT2D eigenvalue weighted by Gasteiger charge is -2.13. The van der Waals surface area contributed by atoms with Gasteiger partial charge in [0.15, 0.2) is 0 Å². The number of hydrogen-bond acceptors (Lipinski definition) is 3. The Hall–Kier alpha value is -0.710. The summed E-state index contributed by atoms with van der Waals surface area (Å²) in [5, 5.41) is 6.37. The quantitative estimate of drug-likeness (QED) is 0.935. The van der Waals surface area contributed by atoms with Gasteiger partial charge >= 0.3 is 0 Å². The third-order valence-electron chi connectivity index (χ3n) is 2.19. The van der Waals surface area contributed by atoms with Crippen molar-refractivity contribution < 1.29 is 0 Å². The zero-order valence-electron chi connectivity index (χ0n) is 8.27. The normalized spacial score (nSPS) is 12.7. The number of hydrogen-bond donors (Lipinski definition) is 1. The van der Waals surface area contributed by atoms with Crippen molar-refractivity contribution in [1.29, 1.82) is 0 Å². The SMILES string of the molecule is CNC(c1ccc(Br)cc1)c1nccs1. The summed E-state index contributed by atoms with van der Waals surface area (Å²) in [5.74, 6) is 0. The van der Waals surface area contributed by atoms with Crippen LogP contribution in [0.2, 0.25) is 0 Å². The van der Waals surface area contributed by atoms with Gasteiger partial charge in [-0.25, -0.2) is 4.98 Å². The van der Waals surface area contributed by atoms with Crippen LogP contribution in [0.15, 0.2) is 40.3 Å². The first-order valence-electron chi connectivity index (χ1n) is 4.63. The molecule has 0 spiro atoms. The molecule has 0 saturated heterocycles. The van der Waals surface area contributed by atoms with E-state index < -0.39 is 0 Å². The molecule has 0 aliphatic rings. The zero-order chi connectivity index (χ0) is 10.7. The van der Waals surface area contributed by atoms with E-state index in [9.17, 15) is 0 Å². The molecule has 0 saturated carbocycles. The van der Waals surface area contributed by atoms with Gasteiger partial charge in [-0.15, -0.1) is 11.3 Å². The topological polar surface area (TPSA) is 24.9 Å². The van der Waals surface area contributed by atoms with Crippen molar-refractivity contribution >= 4 is 27.3 Å². The first-order valence-corrected chi connectivity index (χ1v) is 6.30. The van der Waals surface area contributed by atoms with Crippen LogP contribution >= 0.6 is 27.3 Å². The number of halogens is 1. The predicted octanol–water partition coefficient (Wildman–Crippen LogP) is 3.21. The van der Waals surface area contributed by atoms with Gasteiger partial charge in [0.05, 0.1) is 6.04 Å². The van der Waals surface area contributed by atoms with E-state index in [1.807, 2.05) is 30.8 Å². The zero-order valence-corrected chi connectivity index (χ0v) is 10.7. The minimum Gasteiger partial charge on any atom is -0.307 e. The molecule has 1 heterocycles. The summed E-state index contributed by atoms with van der Waals surface area (Å²) in [7, 11) is 1.95. The Bertz CT molecular complexity index is 411. The molecule has 78 valence electrons. The fourth-order valence-electron chi connectivity index (χ4n) is 1.46. The number of thiazole rings is 1. The molecule has 1 N–H and O–H groups in total. The maximum Gasteiger partial charge on any atom is 0.114 e. The Balaban J connectivity index is 2.31. The van der Waals surface area contributed by atoms with E-state index in [4.69, 9.17) is 0 Å². The summed E-state index contributed by atoms with van der Waals surface area (Å²) in [4.78, 5) is 4.33. The highest BCUT2D eigenvalue weighted by Gasteiger charge is 2.13. The molecule has 1 atom stereocenters. The summed E-state index contributed by atoms with van der Waals surface area (Å²) in [5.41, 5.74) is 1.23. The van der Waals surface area contributed by atoms with Gasteiger partial charge in [0.2, 0.25) is 0 Å². The van der Waals surface area contributed by atoms with Crippen molar-refractivity contribution in [1.82, 2.24) is 10.3 Å². The van der Waals surface area contributed by atoms with Gasteiger partial charge in [0.1, 0.15) is 5.01 Å². The molecule has 4 heteroatoms. The monoisotopic (exact) mass is 282 g/mol. The van der Waals surface area contributed by atoms with Crippen LogP contribution in [-0.2, 0) is 0 Å². The van der Waals surface area contributed by atoms with E-state index >= 15 is 0 Å². The van der Waals surface area contributed by atoms with Crippen molar-refractivity contribution in [2.24, 2.45) is 0 Å². The maximum absolute atomic E-state index is 4.33. The molecule has 2 nitrogen and oxygen atoms in total. The second-order valence-electron chi connectivity index (χ2n) is 3.14. The minimum absolute atomic E-state index is 0.193. The summed E-state index contributed by atoms with van der Waals surface area (Å²) in [6, 6.07) is 8.50. The van der Waals surface area contributed by atoms with Crippen LogP contribution in [0.5, 0.6) is 0 Å². The molecule has 0 fully saturated rings. The van der Waals surface area contributed by atoms with Gasteiger partial charge in [0, 0.05) is 16.0 Å². The average Bonchev–Trinajstić information content (AvgIpc) is 2.75. The van der Waals surface area contributed by atoms with E-state index in [0.717, 1.165) is 9.48 Å². The van der Waals surface area contributed by atoms with Crippen molar-refractivity contribution in [2.75, 3.05) is 7.05 Å². The molecular weight excluding hydrogens is 272 g/mol. The molecule has 0 radical (unpaired) electrons. The van der Waals surface area contributed by atoms with Gasteiger partial charge in [-0.3, -0.25) is 0 Å². The second kappa shape index (κ2) is 4.88. The molecule has 0 aliphatic carbocycles. The van der Waals surface area contributed by atoms with Crippen LogP contribution < -0.4 is 5.32 Å². The number of nitrogens with zero attached hydrogens (tertiary/aromatic N) is 1. The molecule has 1 aromatic carbocycles. The first-order chi connectivity index (χ1) is 7.31. The largest absolute Gasteiger partial charge is 0.307 e. The van der Waals surface area contributed by atoms with Gasteiger partial charge in [-0.2, -0.15) is 0 Å². The molecule has 0 amide bonds. The van der Waals surface area contributed by atoms with Crippen molar-refractivity contribution in [3.63, 3.8) is 0 Å². The smallest absolute Gasteiger partial charge is 0.114 e. The van der Waals surface area contributed by atoms with Gasteiger partial charge < -0.3 is 5.32 Å². The van der Waals surface area contributed by atoms with Crippen LogP contribution in [-0.4, -0.2) is 12.0 Å². The van der Waals surface area contributed by atoms with Gasteiger partial charge in [0.25, 0.3) is 0 Å². The van der Waals surface area contributed by atoms with Crippen LogP contribution in [0, 0.1) is 0 Å². The third kappa shape index (κ3) is 2.45. The lowest BCUT2D eigenvalue weighted by atomic mass is 10.1. The molecule has 0 aliphatic heterocycles. The average molecular weight is 283 g/mol. The van der Waals surface area contributed by atoms with Crippen molar-refractivity contribution in [2.45, 2.75) is 6.04 Å². The van der Waals surface area contributed by atoms with Crippen LogP contribution in [0.4, 0.5) is 0 Å². The summed E-state index contributed by atoms with van der Waals surface area (Å²) < 4.78 is 1.10. The van der Waals surface area contributed by atoms with Gasteiger partial charge in [-0.1, -0.05) is 28.1 Å². The highest BCUT2D eigenvalue weighted by Crippen LogP contribution is 2.24. The van der Waals surface area contributed by atoms with Crippen molar-refractivity contribution in [3.05, 3.63) is 50.9 Å². The lowest BCUT2D eigenvalue weighted by Crippen LogP contribution is -2.17. The number of nitrogens with one attached hydrogen (secondary N) is 1. The Labute approximate surface area is 101 Å². The lowest BCUT2D eigenvalue weighted by molar-refractivity contribution is 0.686. The van der Waals surface area contributed by atoms with E-state index in [0.29, 0.717) is 0 Å². The molecule has 0 bridgehead atoms. The molecule has 2 aromatic rings. The number of rotatable bonds is 3. The fraction of sp³-hybridized carbons (Fsp3) is 0.182. The van der Waals surface area contributed by atoms with E-state index in [1.54, 1.807) is 11.3 Å². The number of aromatic nitrogens is 1. The van der Waals surface area contributed by atoms with Gasteiger partial charge in [-0.05, 0) is 24.7 Å². The molecular formula is C11H11BrN2S. The first kappa shape index (κ1) is 10.8. The summed E-state index contributed by atoms with van der Waals surface area (Å²) in [6.07, 6.45) is 1.84. The van der Waals surface area contributed by atoms with Crippen LogP contribution in [0.3, 0.4) is 0 Å². The van der Waals surface area contributed by atoms with E-state index in [-0.39, 0.29) is 6.04 Å². The molecule has 15 heavy (non-hydrogen) atoms. The Morgan fingerprint density at radius 3 is 2.60 bits per heavy atom. The fourth-order valence-corrected chi connectivity index (χ4v) is 2.50. The van der Waals surface area contributed by atoms with Crippen LogP contribution in [0.1, 0.15) is 16.6 Å². The third-order valence-corrected chi connectivity index (χ3v) is 3.56. The second-order valence-corrected chi connectivity index (χ2v) is 4.99. The maximum atomic E-state index is 4.33. The Kier molecular flexibility index (Phi) is 3.51.